The van der Waals surface area contributed by atoms with Crippen LogP contribution >= 0.6 is 0 Å². The standard InChI is InChI=1S/C21H21NO5/c1-24-10-9-22-12-18-19(26-13-22)8-5-15-11-17(21(23)27-20(15)18)14-3-6-16(25-2)7-4-14/h3-8,11H,9-10,12-13H2,1-2H3. The number of methoxy groups -OCH3 is 2. The topological polar surface area (TPSA) is 61.1 Å². The minimum absolute atomic E-state index is 0.366. The van der Waals surface area contributed by atoms with Crippen molar-refractivity contribution in [1.82, 2.24) is 4.90 Å². The Morgan fingerprint density at radius 2 is 1.93 bits per heavy atom. The molecule has 1 aromatic heterocycles. The fourth-order valence-electron chi connectivity index (χ4n) is 3.27. The van der Waals surface area contributed by atoms with Crippen LogP contribution in [-0.4, -0.2) is 39.0 Å². The lowest BCUT2D eigenvalue weighted by atomic mass is 10.0. The van der Waals surface area contributed by atoms with Crippen molar-refractivity contribution in [2.24, 2.45) is 0 Å². The number of ether oxygens (including phenoxy) is 3. The highest BCUT2D eigenvalue weighted by Crippen LogP contribution is 2.33. The van der Waals surface area contributed by atoms with Crippen molar-refractivity contribution in [2.75, 3.05) is 34.1 Å². The molecule has 0 bridgehead atoms. The molecule has 0 fully saturated rings. The number of hydrogen-bond acceptors (Lipinski definition) is 6. The van der Waals surface area contributed by atoms with E-state index in [1.807, 2.05) is 42.5 Å². The molecule has 3 aromatic rings. The van der Waals surface area contributed by atoms with E-state index < -0.39 is 0 Å². The molecule has 0 saturated heterocycles. The maximum atomic E-state index is 12.7. The summed E-state index contributed by atoms with van der Waals surface area (Å²) >= 11 is 0. The summed E-state index contributed by atoms with van der Waals surface area (Å²) < 4.78 is 21.9. The Morgan fingerprint density at radius 3 is 2.67 bits per heavy atom. The maximum Gasteiger partial charge on any atom is 0.344 e. The average Bonchev–Trinajstić information content (AvgIpc) is 2.71. The SMILES string of the molecule is COCCN1COc2ccc3cc(-c4ccc(OC)cc4)c(=O)oc3c2C1. The molecular formula is C21H21NO5. The molecule has 0 spiro atoms. The third kappa shape index (κ3) is 3.41. The lowest BCUT2D eigenvalue weighted by Crippen LogP contribution is -2.34. The highest BCUT2D eigenvalue weighted by Gasteiger charge is 2.22. The molecule has 0 N–H and O–H groups in total. The summed E-state index contributed by atoms with van der Waals surface area (Å²) in [5, 5.41) is 0.872. The second-order valence-corrected chi connectivity index (χ2v) is 6.46. The van der Waals surface area contributed by atoms with Crippen LogP contribution in [0.3, 0.4) is 0 Å². The van der Waals surface area contributed by atoms with Crippen molar-refractivity contribution < 1.29 is 18.6 Å². The molecule has 6 heteroatoms. The molecule has 27 heavy (non-hydrogen) atoms. The normalized spacial score (nSPS) is 14.0. The molecule has 0 atom stereocenters. The number of benzene rings is 2. The zero-order chi connectivity index (χ0) is 18.8. The van der Waals surface area contributed by atoms with Crippen LogP contribution in [0.15, 0.2) is 51.7 Å². The second kappa shape index (κ2) is 7.42. The van der Waals surface area contributed by atoms with Crippen molar-refractivity contribution in [1.29, 1.82) is 0 Å². The Hall–Kier alpha value is -2.83. The summed E-state index contributed by atoms with van der Waals surface area (Å²) in [5.41, 5.74) is 2.43. The largest absolute Gasteiger partial charge is 0.497 e. The molecule has 1 aliphatic rings. The number of rotatable bonds is 5. The van der Waals surface area contributed by atoms with Gasteiger partial charge in [-0.15, -0.1) is 0 Å². The van der Waals surface area contributed by atoms with Crippen molar-refractivity contribution in [3.63, 3.8) is 0 Å². The summed E-state index contributed by atoms with van der Waals surface area (Å²) in [6.45, 7) is 2.52. The Balaban J connectivity index is 1.75. The molecule has 4 rings (SSSR count). The number of nitrogens with zero attached hydrogens (tertiary/aromatic N) is 1. The van der Waals surface area contributed by atoms with Crippen LogP contribution in [-0.2, 0) is 11.3 Å². The van der Waals surface area contributed by atoms with Crippen LogP contribution in [0.5, 0.6) is 11.5 Å². The average molecular weight is 367 g/mol. The van der Waals surface area contributed by atoms with Crippen molar-refractivity contribution in [3.8, 4) is 22.6 Å². The molecule has 0 radical (unpaired) electrons. The van der Waals surface area contributed by atoms with Crippen molar-refractivity contribution in [2.45, 2.75) is 6.54 Å². The van der Waals surface area contributed by atoms with Crippen LogP contribution in [0.4, 0.5) is 0 Å². The molecule has 140 valence electrons. The van der Waals surface area contributed by atoms with Crippen LogP contribution < -0.4 is 15.1 Å². The highest BCUT2D eigenvalue weighted by atomic mass is 16.5. The van der Waals surface area contributed by atoms with Gasteiger partial charge >= 0.3 is 5.63 Å². The molecule has 6 nitrogen and oxygen atoms in total. The molecule has 0 saturated carbocycles. The van der Waals surface area contributed by atoms with Gasteiger partial charge in [-0.05, 0) is 35.9 Å². The van der Waals surface area contributed by atoms with E-state index in [9.17, 15) is 4.79 Å². The van der Waals surface area contributed by atoms with E-state index >= 15 is 0 Å². The summed E-state index contributed by atoms with van der Waals surface area (Å²) in [7, 11) is 3.29. The highest BCUT2D eigenvalue weighted by molar-refractivity contribution is 5.86. The fourth-order valence-corrected chi connectivity index (χ4v) is 3.27. The fraction of sp³-hybridized carbons (Fsp3) is 0.286. The molecule has 2 heterocycles. The van der Waals surface area contributed by atoms with E-state index in [2.05, 4.69) is 4.90 Å². The van der Waals surface area contributed by atoms with E-state index in [4.69, 9.17) is 18.6 Å². The summed E-state index contributed by atoms with van der Waals surface area (Å²) in [6, 6.07) is 13.1. The number of hydrogen-bond donors (Lipinski definition) is 0. The van der Waals surface area contributed by atoms with Gasteiger partial charge in [0.15, 0.2) is 0 Å². The summed E-state index contributed by atoms with van der Waals surface area (Å²) in [6.07, 6.45) is 0. The molecule has 1 aliphatic heterocycles. The van der Waals surface area contributed by atoms with Gasteiger partial charge in [0, 0.05) is 25.6 Å². The first-order chi connectivity index (χ1) is 13.2. The van der Waals surface area contributed by atoms with Gasteiger partial charge < -0.3 is 18.6 Å². The zero-order valence-electron chi connectivity index (χ0n) is 15.4. The molecule has 0 unspecified atom stereocenters. The molecule has 0 aliphatic carbocycles. The van der Waals surface area contributed by atoms with Gasteiger partial charge in [-0.25, -0.2) is 4.79 Å². The van der Waals surface area contributed by atoms with Crippen LogP contribution in [0.25, 0.3) is 22.1 Å². The molecular weight excluding hydrogens is 346 g/mol. The molecule has 0 amide bonds. The Labute approximate surface area is 156 Å². The smallest absolute Gasteiger partial charge is 0.344 e. The van der Waals surface area contributed by atoms with E-state index in [0.29, 0.717) is 31.0 Å². The summed E-state index contributed by atoms with van der Waals surface area (Å²) in [5.74, 6) is 1.50. The lowest BCUT2D eigenvalue weighted by molar-refractivity contribution is 0.0658. The quantitative estimate of drug-likeness (QED) is 0.645. The van der Waals surface area contributed by atoms with E-state index in [1.165, 1.54) is 0 Å². The van der Waals surface area contributed by atoms with E-state index in [0.717, 1.165) is 34.6 Å². The van der Waals surface area contributed by atoms with E-state index in [-0.39, 0.29) is 5.63 Å². The lowest BCUT2D eigenvalue weighted by Gasteiger charge is -2.28. The summed E-state index contributed by atoms with van der Waals surface area (Å²) in [4.78, 5) is 14.8. The minimum atomic E-state index is -0.366. The van der Waals surface area contributed by atoms with Crippen LogP contribution in [0, 0.1) is 0 Å². The monoisotopic (exact) mass is 367 g/mol. The predicted octanol–water partition coefficient (Wildman–Crippen LogP) is 3.27. The van der Waals surface area contributed by atoms with Gasteiger partial charge in [-0.3, -0.25) is 4.90 Å². The first-order valence-corrected chi connectivity index (χ1v) is 8.78. The first kappa shape index (κ1) is 17.6. The van der Waals surface area contributed by atoms with Gasteiger partial charge in [0.1, 0.15) is 23.8 Å². The third-order valence-corrected chi connectivity index (χ3v) is 4.76. The van der Waals surface area contributed by atoms with Crippen LogP contribution in [0.1, 0.15) is 5.56 Å². The van der Waals surface area contributed by atoms with Crippen LogP contribution in [0.2, 0.25) is 0 Å². The van der Waals surface area contributed by atoms with E-state index in [1.54, 1.807) is 14.2 Å². The van der Waals surface area contributed by atoms with Crippen molar-refractivity contribution in [3.05, 3.63) is 58.4 Å². The Kier molecular flexibility index (Phi) is 4.83. The van der Waals surface area contributed by atoms with Gasteiger partial charge in [-0.1, -0.05) is 12.1 Å². The maximum absolute atomic E-state index is 12.7. The Bertz CT molecular complexity index is 1010. The molecule has 2 aromatic carbocycles. The second-order valence-electron chi connectivity index (χ2n) is 6.46. The third-order valence-electron chi connectivity index (χ3n) is 4.76. The predicted molar refractivity (Wildman–Crippen MR) is 102 cm³/mol. The number of fused-ring (bicyclic) bond motifs is 3. The van der Waals surface area contributed by atoms with Gasteiger partial charge in [0.2, 0.25) is 0 Å². The first-order valence-electron chi connectivity index (χ1n) is 8.78. The van der Waals surface area contributed by atoms with Crippen molar-refractivity contribution >= 4 is 11.0 Å². The zero-order valence-corrected chi connectivity index (χ0v) is 15.4. The van der Waals surface area contributed by atoms with Gasteiger partial charge in [0.05, 0.1) is 24.8 Å². The Morgan fingerprint density at radius 1 is 1.11 bits per heavy atom. The minimum Gasteiger partial charge on any atom is -0.497 e. The van der Waals surface area contributed by atoms with Gasteiger partial charge in [0.25, 0.3) is 0 Å². The van der Waals surface area contributed by atoms with Gasteiger partial charge in [-0.2, -0.15) is 0 Å².